The van der Waals surface area contributed by atoms with Crippen molar-refractivity contribution in [3.63, 3.8) is 0 Å². The predicted molar refractivity (Wildman–Crippen MR) is 43.7 cm³/mol. The maximum absolute atomic E-state index is 11.0. The molecule has 0 radical (unpaired) electrons. The number of carbonyl (C=O) groups excluding carboxylic acids is 2. The zero-order valence-corrected chi connectivity index (χ0v) is 7.05. The highest BCUT2D eigenvalue weighted by Gasteiger charge is 2.26. The summed E-state index contributed by atoms with van der Waals surface area (Å²) in [5.74, 6) is -0.902. The number of hydrogen-bond acceptors (Lipinski definition) is 3. The molecule has 12 heavy (non-hydrogen) atoms. The summed E-state index contributed by atoms with van der Waals surface area (Å²) in [6.07, 6.45) is 0. The number of carbonyl (C=O) groups is 2. The lowest BCUT2D eigenvalue weighted by atomic mass is 10.1. The fourth-order valence-electron chi connectivity index (χ4n) is 0.872. The minimum Gasteiger partial charge on any atom is -0.313 e. The van der Waals surface area contributed by atoms with E-state index in [0.29, 0.717) is 12.4 Å². The Labute approximate surface area is 70.2 Å². The Morgan fingerprint density at radius 1 is 1.58 bits per heavy atom. The second-order valence-electron chi connectivity index (χ2n) is 2.64. The lowest BCUT2D eigenvalue weighted by molar-refractivity contribution is -0.132. The number of rotatable bonds is 2. The summed E-state index contributed by atoms with van der Waals surface area (Å²) < 4.78 is 0. The quantitative estimate of drug-likeness (QED) is 0.515. The van der Waals surface area contributed by atoms with Gasteiger partial charge in [-0.25, -0.2) is 0 Å². The normalized spacial score (nSPS) is 23.5. The number of hydrogen-bond donors (Lipinski definition) is 2. The average Bonchev–Trinajstić information content (AvgIpc) is 2.01. The first-order valence-electron chi connectivity index (χ1n) is 3.72. The molecule has 2 N–H and O–H groups in total. The topological polar surface area (TPSA) is 70.6 Å². The smallest absolute Gasteiger partial charge is 0.259 e. The van der Waals surface area contributed by atoms with Crippen molar-refractivity contribution in [3.05, 3.63) is 0 Å². The number of nitrogens with zero attached hydrogens (tertiary/aromatic N) is 1. The first kappa shape index (κ1) is 8.86. The van der Waals surface area contributed by atoms with E-state index in [9.17, 15) is 9.59 Å². The van der Waals surface area contributed by atoms with Crippen molar-refractivity contribution in [2.24, 2.45) is 10.9 Å². The Morgan fingerprint density at radius 2 is 2.25 bits per heavy atom. The standard InChI is InChI=1S/C7H11N3O2/c1-4-6(11)9-5(3-8-2)10-7(4)12/h4,8H,3H2,1-2H3,(H,9,10,11,12). The number of amides is 2. The summed E-state index contributed by atoms with van der Waals surface area (Å²) >= 11 is 0. The van der Waals surface area contributed by atoms with Crippen LogP contribution in [-0.4, -0.2) is 31.2 Å². The van der Waals surface area contributed by atoms with Crippen LogP contribution in [0.2, 0.25) is 0 Å². The van der Waals surface area contributed by atoms with E-state index in [1.807, 2.05) is 0 Å². The lowest BCUT2D eigenvalue weighted by Crippen LogP contribution is -2.46. The molecule has 0 aliphatic carbocycles. The van der Waals surface area contributed by atoms with Gasteiger partial charge in [0.15, 0.2) is 0 Å². The Bertz CT molecular complexity index is 247. The molecule has 66 valence electrons. The molecule has 5 heteroatoms. The van der Waals surface area contributed by atoms with Crippen molar-refractivity contribution in [3.8, 4) is 0 Å². The fourth-order valence-corrected chi connectivity index (χ4v) is 0.872. The van der Waals surface area contributed by atoms with E-state index in [1.165, 1.54) is 6.92 Å². The molecule has 0 aromatic rings. The molecule has 0 saturated heterocycles. The Kier molecular flexibility index (Phi) is 2.54. The molecule has 1 aliphatic heterocycles. The molecule has 2 amide bonds. The van der Waals surface area contributed by atoms with Crippen molar-refractivity contribution >= 4 is 17.6 Å². The lowest BCUT2D eigenvalue weighted by Gasteiger charge is -2.16. The van der Waals surface area contributed by atoms with Gasteiger partial charge in [0.05, 0.1) is 6.54 Å². The maximum Gasteiger partial charge on any atom is 0.259 e. The van der Waals surface area contributed by atoms with Crippen LogP contribution in [0.15, 0.2) is 4.99 Å². The van der Waals surface area contributed by atoms with Crippen LogP contribution >= 0.6 is 0 Å². The molecule has 1 atom stereocenters. The molecule has 0 spiro atoms. The zero-order valence-electron chi connectivity index (χ0n) is 7.05. The van der Waals surface area contributed by atoms with Gasteiger partial charge in [-0.3, -0.25) is 9.59 Å². The van der Waals surface area contributed by atoms with Crippen molar-refractivity contribution in [2.75, 3.05) is 13.6 Å². The first-order valence-corrected chi connectivity index (χ1v) is 3.72. The molecule has 0 aromatic carbocycles. The minimum absolute atomic E-state index is 0.278. The summed E-state index contributed by atoms with van der Waals surface area (Å²) in [5.41, 5.74) is 0. The third kappa shape index (κ3) is 1.68. The summed E-state index contributed by atoms with van der Waals surface area (Å²) in [5, 5.41) is 5.32. The first-order chi connectivity index (χ1) is 5.65. The van der Waals surface area contributed by atoms with Gasteiger partial charge in [0.2, 0.25) is 5.91 Å². The number of aliphatic imine (C=N–C) groups is 1. The Hall–Kier alpha value is -1.23. The molecule has 0 aromatic heterocycles. The van der Waals surface area contributed by atoms with Gasteiger partial charge in [0, 0.05) is 0 Å². The van der Waals surface area contributed by atoms with Crippen LogP contribution in [0.3, 0.4) is 0 Å². The molecular weight excluding hydrogens is 158 g/mol. The number of likely N-dealkylation sites (N-methyl/N-ethyl adjacent to an activating group) is 1. The van der Waals surface area contributed by atoms with Crippen LogP contribution in [0.5, 0.6) is 0 Å². The SMILES string of the molecule is CNCC1=NC(=O)C(C)C(=O)N1. The van der Waals surface area contributed by atoms with Gasteiger partial charge < -0.3 is 10.6 Å². The van der Waals surface area contributed by atoms with Crippen LogP contribution in [0.4, 0.5) is 0 Å². The van der Waals surface area contributed by atoms with Crippen LogP contribution in [-0.2, 0) is 9.59 Å². The van der Waals surface area contributed by atoms with Crippen LogP contribution < -0.4 is 10.6 Å². The van der Waals surface area contributed by atoms with Crippen molar-refractivity contribution in [1.29, 1.82) is 0 Å². The summed E-state index contributed by atoms with van der Waals surface area (Å²) in [6.45, 7) is 1.95. The van der Waals surface area contributed by atoms with E-state index in [-0.39, 0.29) is 11.8 Å². The largest absolute Gasteiger partial charge is 0.313 e. The second kappa shape index (κ2) is 3.44. The molecule has 5 nitrogen and oxygen atoms in total. The van der Waals surface area contributed by atoms with Crippen LogP contribution in [0.25, 0.3) is 0 Å². The molecule has 1 rings (SSSR count). The van der Waals surface area contributed by atoms with E-state index in [4.69, 9.17) is 0 Å². The Balaban J connectivity index is 2.74. The van der Waals surface area contributed by atoms with E-state index in [2.05, 4.69) is 15.6 Å². The minimum atomic E-state index is -0.648. The molecule has 1 unspecified atom stereocenters. The summed E-state index contributed by atoms with van der Waals surface area (Å²) in [6, 6.07) is 0. The predicted octanol–water partition coefficient (Wildman–Crippen LogP) is -1.10. The highest BCUT2D eigenvalue weighted by Crippen LogP contribution is 2.02. The van der Waals surface area contributed by atoms with Crippen molar-refractivity contribution in [2.45, 2.75) is 6.92 Å². The zero-order chi connectivity index (χ0) is 9.14. The maximum atomic E-state index is 11.0. The van der Waals surface area contributed by atoms with Crippen molar-refractivity contribution in [1.82, 2.24) is 10.6 Å². The monoisotopic (exact) mass is 169 g/mol. The van der Waals surface area contributed by atoms with Gasteiger partial charge in [-0.15, -0.1) is 0 Å². The molecular formula is C7H11N3O2. The molecule has 1 aliphatic rings. The third-order valence-corrected chi connectivity index (χ3v) is 1.62. The van der Waals surface area contributed by atoms with E-state index in [0.717, 1.165) is 0 Å². The number of amidine groups is 1. The molecule has 0 bridgehead atoms. The van der Waals surface area contributed by atoms with Crippen LogP contribution in [0, 0.1) is 5.92 Å². The summed E-state index contributed by atoms with van der Waals surface area (Å²) in [4.78, 5) is 25.7. The highest BCUT2D eigenvalue weighted by atomic mass is 16.2. The molecule has 0 fully saturated rings. The van der Waals surface area contributed by atoms with Crippen molar-refractivity contribution < 1.29 is 9.59 Å². The molecule has 0 saturated carbocycles. The average molecular weight is 169 g/mol. The second-order valence-corrected chi connectivity index (χ2v) is 2.64. The molecule has 1 heterocycles. The fraction of sp³-hybridized carbons (Fsp3) is 0.571. The summed E-state index contributed by atoms with van der Waals surface area (Å²) in [7, 11) is 1.72. The van der Waals surface area contributed by atoms with Gasteiger partial charge in [0.1, 0.15) is 11.8 Å². The van der Waals surface area contributed by atoms with Gasteiger partial charge in [-0.2, -0.15) is 4.99 Å². The van der Waals surface area contributed by atoms with E-state index >= 15 is 0 Å². The van der Waals surface area contributed by atoms with Gasteiger partial charge in [-0.1, -0.05) is 0 Å². The Morgan fingerprint density at radius 3 is 2.75 bits per heavy atom. The van der Waals surface area contributed by atoms with Gasteiger partial charge >= 0.3 is 0 Å². The van der Waals surface area contributed by atoms with E-state index < -0.39 is 5.92 Å². The van der Waals surface area contributed by atoms with E-state index in [1.54, 1.807) is 7.05 Å². The van der Waals surface area contributed by atoms with Crippen LogP contribution in [0.1, 0.15) is 6.92 Å². The third-order valence-electron chi connectivity index (χ3n) is 1.62. The number of nitrogens with one attached hydrogen (secondary N) is 2. The van der Waals surface area contributed by atoms with Gasteiger partial charge in [0.25, 0.3) is 5.91 Å². The highest BCUT2D eigenvalue weighted by molar-refractivity contribution is 6.16. The van der Waals surface area contributed by atoms with Gasteiger partial charge in [-0.05, 0) is 14.0 Å².